The lowest BCUT2D eigenvalue weighted by Crippen LogP contribution is -2.54. The van der Waals surface area contributed by atoms with Crippen LogP contribution in [0.15, 0.2) is 18.3 Å². The Hall–Kier alpha value is -1.58. The first-order chi connectivity index (χ1) is 8.17. The van der Waals surface area contributed by atoms with Gasteiger partial charge in [-0.05, 0) is 31.4 Å². The monoisotopic (exact) mass is 231 g/mol. The van der Waals surface area contributed by atoms with Crippen molar-refractivity contribution >= 4 is 6.03 Å². The number of pyridine rings is 1. The highest BCUT2D eigenvalue weighted by Crippen LogP contribution is 2.52. The minimum absolute atomic E-state index is 0.0462. The van der Waals surface area contributed by atoms with Gasteiger partial charge in [-0.3, -0.25) is 4.98 Å². The minimum atomic E-state index is 0.0462. The first kappa shape index (κ1) is 10.6. The Labute approximate surface area is 101 Å². The third-order valence-corrected chi connectivity index (χ3v) is 3.69. The zero-order chi connectivity index (χ0) is 11.9. The van der Waals surface area contributed by atoms with Crippen LogP contribution in [0.3, 0.4) is 0 Å². The molecule has 2 fully saturated rings. The van der Waals surface area contributed by atoms with E-state index in [0.717, 1.165) is 24.3 Å². The molecule has 0 atom stereocenters. The van der Waals surface area contributed by atoms with E-state index in [0.29, 0.717) is 12.0 Å². The van der Waals surface area contributed by atoms with Gasteiger partial charge in [-0.2, -0.15) is 0 Å². The summed E-state index contributed by atoms with van der Waals surface area (Å²) in [4.78, 5) is 17.9. The highest BCUT2D eigenvalue weighted by molar-refractivity contribution is 5.75. The first-order valence-corrected chi connectivity index (χ1v) is 6.11. The fourth-order valence-electron chi connectivity index (χ4n) is 2.28. The molecule has 0 aromatic carbocycles. The standard InChI is InChI=1S/C13H17N3O/c1-10-2-3-11(14-6-10)7-15-12(17)16-8-13(9-16)4-5-13/h2-3,6H,4-5,7-9H2,1H3,(H,15,17). The number of rotatable bonds is 2. The van der Waals surface area contributed by atoms with Gasteiger partial charge in [0.15, 0.2) is 0 Å². The molecule has 1 aromatic heterocycles. The van der Waals surface area contributed by atoms with Gasteiger partial charge in [0.05, 0.1) is 12.2 Å². The summed E-state index contributed by atoms with van der Waals surface area (Å²) in [5.41, 5.74) is 2.57. The van der Waals surface area contributed by atoms with Crippen molar-refractivity contribution in [3.63, 3.8) is 0 Å². The number of carbonyl (C=O) groups is 1. The molecule has 17 heavy (non-hydrogen) atoms. The largest absolute Gasteiger partial charge is 0.332 e. The van der Waals surface area contributed by atoms with Crippen molar-refractivity contribution in [2.24, 2.45) is 5.41 Å². The van der Waals surface area contributed by atoms with Gasteiger partial charge in [-0.25, -0.2) is 4.79 Å². The minimum Gasteiger partial charge on any atom is -0.332 e. The van der Waals surface area contributed by atoms with Crippen molar-refractivity contribution in [2.45, 2.75) is 26.3 Å². The van der Waals surface area contributed by atoms with Crippen molar-refractivity contribution < 1.29 is 4.79 Å². The molecule has 0 unspecified atom stereocenters. The smallest absolute Gasteiger partial charge is 0.317 e. The SMILES string of the molecule is Cc1ccc(CNC(=O)N2CC3(CC3)C2)nc1. The van der Waals surface area contributed by atoms with Crippen molar-refractivity contribution in [3.8, 4) is 0 Å². The first-order valence-electron chi connectivity index (χ1n) is 6.11. The second kappa shape index (κ2) is 3.72. The number of hydrogen-bond acceptors (Lipinski definition) is 2. The number of hydrogen-bond donors (Lipinski definition) is 1. The van der Waals surface area contributed by atoms with Crippen LogP contribution in [0, 0.1) is 12.3 Å². The molecule has 0 radical (unpaired) electrons. The van der Waals surface area contributed by atoms with E-state index in [4.69, 9.17) is 0 Å². The van der Waals surface area contributed by atoms with Crippen molar-refractivity contribution in [2.75, 3.05) is 13.1 Å². The maximum Gasteiger partial charge on any atom is 0.317 e. The Morgan fingerprint density at radius 2 is 2.24 bits per heavy atom. The Morgan fingerprint density at radius 1 is 1.47 bits per heavy atom. The second-order valence-electron chi connectivity index (χ2n) is 5.34. The zero-order valence-corrected chi connectivity index (χ0v) is 10.1. The lowest BCUT2D eigenvalue weighted by molar-refractivity contribution is 0.106. The third-order valence-electron chi connectivity index (χ3n) is 3.69. The van der Waals surface area contributed by atoms with Crippen molar-refractivity contribution in [1.29, 1.82) is 0 Å². The molecule has 1 spiro atoms. The number of aromatic nitrogens is 1. The van der Waals surface area contributed by atoms with E-state index in [-0.39, 0.29) is 6.03 Å². The van der Waals surface area contributed by atoms with Crippen LogP contribution >= 0.6 is 0 Å². The van der Waals surface area contributed by atoms with Crippen LogP contribution in [-0.2, 0) is 6.54 Å². The maximum absolute atomic E-state index is 11.8. The average molecular weight is 231 g/mol. The number of nitrogens with zero attached hydrogens (tertiary/aromatic N) is 2. The highest BCUT2D eigenvalue weighted by Gasteiger charge is 2.53. The van der Waals surface area contributed by atoms with E-state index < -0.39 is 0 Å². The molecule has 1 saturated carbocycles. The van der Waals surface area contributed by atoms with Gasteiger partial charge in [0.25, 0.3) is 0 Å². The van der Waals surface area contributed by atoms with Crippen molar-refractivity contribution in [3.05, 3.63) is 29.6 Å². The molecule has 2 amide bonds. The summed E-state index contributed by atoms with van der Waals surface area (Å²) in [5, 5.41) is 2.91. The van der Waals surface area contributed by atoms with Crippen LogP contribution in [0.1, 0.15) is 24.1 Å². The van der Waals surface area contributed by atoms with Gasteiger partial charge >= 0.3 is 6.03 Å². The van der Waals surface area contributed by atoms with E-state index in [2.05, 4.69) is 10.3 Å². The number of amides is 2. The predicted octanol–water partition coefficient (Wildman–Crippen LogP) is 1.70. The molecule has 1 aliphatic heterocycles. The Balaban J connectivity index is 1.47. The summed E-state index contributed by atoms with van der Waals surface area (Å²) in [5.74, 6) is 0. The Bertz CT molecular complexity index is 428. The van der Waals surface area contributed by atoms with Gasteiger partial charge in [0.2, 0.25) is 0 Å². The fraction of sp³-hybridized carbons (Fsp3) is 0.538. The van der Waals surface area contributed by atoms with Gasteiger partial charge in [0, 0.05) is 24.7 Å². The van der Waals surface area contributed by atoms with Gasteiger partial charge in [-0.1, -0.05) is 6.07 Å². The number of aryl methyl sites for hydroxylation is 1. The summed E-state index contributed by atoms with van der Waals surface area (Å²) in [6, 6.07) is 4.01. The van der Waals surface area contributed by atoms with E-state index in [9.17, 15) is 4.79 Å². The molecular weight excluding hydrogens is 214 g/mol. The van der Waals surface area contributed by atoms with E-state index in [1.807, 2.05) is 30.2 Å². The normalized spacial score (nSPS) is 19.9. The van der Waals surface area contributed by atoms with Gasteiger partial charge < -0.3 is 10.2 Å². The van der Waals surface area contributed by atoms with Crippen LogP contribution in [-0.4, -0.2) is 29.0 Å². The molecule has 1 aliphatic carbocycles. The van der Waals surface area contributed by atoms with Crippen molar-refractivity contribution in [1.82, 2.24) is 15.2 Å². The van der Waals surface area contributed by atoms with Crippen LogP contribution in [0.4, 0.5) is 4.79 Å². The number of likely N-dealkylation sites (tertiary alicyclic amines) is 1. The number of carbonyl (C=O) groups excluding carboxylic acids is 1. The Kier molecular flexibility index (Phi) is 2.31. The fourth-order valence-corrected chi connectivity index (χ4v) is 2.28. The lowest BCUT2D eigenvalue weighted by Gasteiger charge is -2.39. The van der Waals surface area contributed by atoms with Gasteiger partial charge in [-0.15, -0.1) is 0 Å². The van der Waals surface area contributed by atoms with Crippen LogP contribution < -0.4 is 5.32 Å². The predicted molar refractivity (Wildman–Crippen MR) is 64.4 cm³/mol. The number of urea groups is 1. The summed E-state index contributed by atoms with van der Waals surface area (Å²) in [6.45, 7) is 4.41. The molecule has 1 saturated heterocycles. The molecule has 4 heteroatoms. The van der Waals surface area contributed by atoms with Gasteiger partial charge in [0.1, 0.15) is 0 Å². The molecular formula is C13H17N3O. The molecule has 4 nitrogen and oxygen atoms in total. The van der Waals surface area contributed by atoms with Crippen LogP contribution in [0.2, 0.25) is 0 Å². The zero-order valence-electron chi connectivity index (χ0n) is 10.1. The Morgan fingerprint density at radius 3 is 2.82 bits per heavy atom. The molecule has 3 rings (SSSR count). The quantitative estimate of drug-likeness (QED) is 0.842. The van der Waals surface area contributed by atoms with E-state index >= 15 is 0 Å². The number of nitrogens with one attached hydrogen (secondary N) is 1. The van der Waals surface area contributed by atoms with Crippen LogP contribution in [0.25, 0.3) is 0 Å². The summed E-state index contributed by atoms with van der Waals surface area (Å²) >= 11 is 0. The van der Waals surface area contributed by atoms with E-state index in [1.54, 1.807) is 0 Å². The molecule has 1 aromatic rings. The molecule has 90 valence electrons. The average Bonchev–Trinajstić information content (AvgIpc) is 3.06. The maximum atomic E-state index is 11.8. The van der Waals surface area contributed by atoms with Crippen LogP contribution in [0.5, 0.6) is 0 Å². The summed E-state index contributed by atoms with van der Waals surface area (Å²) < 4.78 is 0. The third kappa shape index (κ3) is 2.12. The lowest BCUT2D eigenvalue weighted by atomic mass is 9.98. The molecule has 1 N–H and O–H groups in total. The summed E-state index contributed by atoms with van der Waals surface area (Å²) in [6.07, 6.45) is 4.43. The topological polar surface area (TPSA) is 45.2 Å². The van der Waals surface area contributed by atoms with E-state index in [1.165, 1.54) is 12.8 Å². The molecule has 0 bridgehead atoms. The molecule has 2 heterocycles. The highest BCUT2D eigenvalue weighted by atomic mass is 16.2. The second-order valence-corrected chi connectivity index (χ2v) is 5.34. The summed E-state index contributed by atoms with van der Waals surface area (Å²) in [7, 11) is 0. The molecule has 2 aliphatic rings.